The van der Waals surface area contributed by atoms with E-state index < -0.39 is 0 Å². The van der Waals surface area contributed by atoms with E-state index in [2.05, 4.69) is 80.3 Å². The van der Waals surface area contributed by atoms with Crippen LogP contribution in [-0.4, -0.2) is 9.55 Å². The molecule has 0 N–H and O–H groups in total. The lowest BCUT2D eigenvalue weighted by Gasteiger charge is -2.20. The number of hydrogen-bond donors (Lipinski definition) is 0. The molecule has 0 saturated carbocycles. The molecule has 6 rings (SSSR count). The van der Waals surface area contributed by atoms with Gasteiger partial charge < -0.3 is 4.42 Å². The Balaban J connectivity index is 1.70. The van der Waals surface area contributed by atoms with Gasteiger partial charge in [0.05, 0.1) is 13.6 Å². The fourth-order valence-electron chi connectivity index (χ4n) is 5.94. The van der Waals surface area contributed by atoms with Crippen molar-refractivity contribution in [3.05, 3.63) is 58.8 Å². The van der Waals surface area contributed by atoms with Gasteiger partial charge in [0.1, 0.15) is 5.56 Å². The zero-order chi connectivity index (χ0) is 23.8. The van der Waals surface area contributed by atoms with Crippen LogP contribution in [0, 0.1) is 19.3 Å². The summed E-state index contributed by atoms with van der Waals surface area (Å²) in [6, 6.07) is 13.4. The lowest BCUT2D eigenvalue weighted by atomic mass is 9.85. The van der Waals surface area contributed by atoms with Gasteiger partial charge >= 0.3 is 0 Å². The van der Waals surface area contributed by atoms with Crippen LogP contribution in [0.2, 0.25) is 0 Å². The zero-order valence-electron chi connectivity index (χ0n) is 21.2. The molecule has 0 unspecified atom stereocenters. The van der Waals surface area contributed by atoms with Gasteiger partial charge in [-0.3, -0.25) is 0 Å². The third-order valence-electron chi connectivity index (χ3n) is 7.42. The van der Waals surface area contributed by atoms with Crippen molar-refractivity contribution in [1.29, 1.82) is 0 Å². The Labute approximate surface area is 201 Å². The van der Waals surface area contributed by atoms with Crippen LogP contribution in [0.15, 0.2) is 40.8 Å². The summed E-state index contributed by atoms with van der Waals surface area (Å²) in [5.74, 6) is 1.24. The topological polar surface area (TPSA) is 34.8 Å². The molecular formula is C30H34N3O+. The number of nitrogens with zero attached hydrogens (tertiary/aromatic N) is 3. The van der Waals surface area contributed by atoms with E-state index >= 15 is 0 Å². The van der Waals surface area contributed by atoms with Crippen molar-refractivity contribution in [2.75, 3.05) is 0 Å². The van der Waals surface area contributed by atoms with Gasteiger partial charge in [-0.1, -0.05) is 39.0 Å². The monoisotopic (exact) mass is 452 g/mol. The molecule has 4 heteroatoms. The van der Waals surface area contributed by atoms with Gasteiger partial charge in [-0.2, -0.15) is 0 Å². The fraction of sp³-hybridized carbons (Fsp3) is 0.400. The molecule has 174 valence electrons. The molecule has 0 atom stereocenters. The Morgan fingerprint density at radius 1 is 1.00 bits per heavy atom. The molecule has 4 nitrogen and oxygen atoms in total. The number of hydrogen-bond acceptors (Lipinski definition) is 2. The Bertz CT molecular complexity index is 1590. The maximum Gasteiger partial charge on any atom is 0.293 e. The predicted molar refractivity (Wildman–Crippen MR) is 139 cm³/mol. The Morgan fingerprint density at radius 3 is 2.59 bits per heavy atom. The molecule has 5 aromatic rings. The molecular weight excluding hydrogens is 418 g/mol. The van der Waals surface area contributed by atoms with Crippen molar-refractivity contribution < 1.29 is 8.98 Å². The highest BCUT2D eigenvalue weighted by molar-refractivity contribution is 6.08. The number of imidazole rings is 1. The molecule has 0 saturated heterocycles. The van der Waals surface area contributed by atoms with Crippen LogP contribution in [0.3, 0.4) is 0 Å². The second-order valence-corrected chi connectivity index (χ2v) is 11.3. The summed E-state index contributed by atoms with van der Waals surface area (Å²) >= 11 is 0. The van der Waals surface area contributed by atoms with E-state index in [9.17, 15) is 0 Å². The number of aryl methyl sites for hydroxylation is 5. The number of benzene rings is 2. The lowest BCUT2D eigenvalue weighted by Crippen LogP contribution is -2.35. The zero-order valence-corrected chi connectivity index (χ0v) is 21.2. The largest absolute Gasteiger partial charge is 0.437 e. The Kier molecular flexibility index (Phi) is 4.68. The van der Waals surface area contributed by atoms with Gasteiger partial charge in [0, 0.05) is 22.0 Å². The highest BCUT2D eigenvalue weighted by Gasteiger charge is 2.33. The minimum absolute atomic E-state index is 0.264. The van der Waals surface area contributed by atoms with Gasteiger partial charge in [-0.05, 0) is 74.3 Å². The molecule has 0 bridgehead atoms. The first kappa shape index (κ1) is 21.4. The average molecular weight is 453 g/mol. The number of fused-ring (bicyclic) bond motifs is 3. The molecule has 1 aliphatic rings. The smallest absolute Gasteiger partial charge is 0.293 e. The molecule has 3 aromatic heterocycles. The van der Waals surface area contributed by atoms with Crippen LogP contribution in [-0.2, 0) is 26.4 Å². The third-order valence-corrected chi connectivity index (χ3v) is 7.42. The van der Waals surface area contributed by atoms with Gasteiger partial charge in [-0.25, -0.2) is 14.1 Å². The quantitative estimate of drug-likeness (QED) is 0.271. The predicted octanol–water partition coefficient (Wildman–Crippen LogP) is 6.97. The molecule has 0 spiro atoms. The van der Waals surface area contributed by atoms with Crippen molar-refractivity contribution >= 4 is 33.1 Å². The van der Waals surface area contributed by atoms with Crippen molar-refractivity contribution in [3.8, 4) is 11.4 Å². The van der Waals surface area contributed by atoms with E-state index in [-0.39, 0.29) is 5.41 Å². The highest BCUT2D eigenvalue weighted by Crippen LogP contribution is 2.39. The normalized spacial score (nSPS) is 14.4. The first-order valence-corrected chi connectivity index (χ1v) is 12.6. The van der Waals surface area contributed by atoms with Crippen LogP contribution in [0.4, 0.5) is 0 Å². The van der Waals surface area contributed by atoms with Crippen LogP contribution in [0.5, 0.6) is 0 Å². The van der Waals surface area contributed by atoms with E-state index in [1.807, 2.05) is 6.92 Å². The summed E-state index contributed by atoms with van der Waals surface area (Å²) in [6.07, 6.45) is 4.68. The molecule has 0 radical (unpaired) electrons. The van der Waals surface area contributed by atoms with Gasteiger partial charge in [0.2, 0.25) is 5.71 Å². The van der Waals surface area contributed by atoms with Crippen LogP contribution in [0.25, 0.3) is 44.5 Å². The fourth-order valence-corrected chi connectivity index (χ4v) is 5.94. The summed E-state index contributed by atoms with van der Waals surface area (Å²) < 4.78 is 11.4. The lowest BCUT2D eigenvalue weighted by molar-refractivity contribution is -0.660. The maximum atomic E-state index is 6.48. The summed E-state index contributed by atoms with van der Waals surface area (Å²) in [5.41, 5.74) is 11.1. The van der Waals surface area contributed by atoms with Crippen molar-refractivity contribution in [2.45, 2.75) is 66.8 Å². The number of rotatable bonds is 2. The Hall–Kier alpha value is -3.14. The standard InChI is InChI=1S/C30H34N3O/c1-18-10-13-22-23-14-11-19(2)31-28(23)34-27(22)25(18)29-32(6)24-15-12-20(17-30(3,4)5)21-9-7-8-16-33(29)26(21)24/h10-15H,7-9,16-17H2,1-6H3/q+1. The molecule has 0 aliphatic carbocycles. The minimum atomic E-state index is 0.264. The van der Waals surface area contributed by atoms with Crippen LogP contribution < -0.4 is 4.57 Å². The van der Waals surface area contributed by atoms with E-state index in [1.54, 1.807) is 5.56 Å². The maximum absolute atomic E-state index is 6.48. The Morgan fingerprint density at radius 2 is 1.79 bits per heavy atom. The van der Waals surface area contributed by atoms with Crippen LogP contribution >= 0.6 is 0 Å². The van der Waals surface area contributed by atoms with Gasteiger partial charge in [0.15, 0.2) is 16.6 Å². The number of furan rings is 1. The molecule has 2 aromatic carbocycles. The summed E-state index contributed by atoms with van der Waals surface area (Å²) in [6.45, 7) is 12.3. The van der Waals surface area contributed by atoms with Crippen molar-refractivity contribution in [3.63, 3.8) is 0 Å². The molecule has 4 heterocycles. The summed E-state index contributed by atoms with van der Waals surface area (Å²) in [5, 5.41) is 2.23. The molecule has 1 aliphatic heterocycles. The van der Waals surface area contributed by atoms with Gasteiger partial charge in [-0.15, -0.1) is 0 Å². The summed E-state index contributed by atoms with van der Waals surface area (Å²) in [7, 11) is 2.21. The van der Waals surface area contributed by atoms with E-state index in [4.69, 9.17) is 9.40 Å². The van der Waals surface area contributed by atoms with Gasteiger partial charge in [0.25, 0.3) is 5.82 Å². The highest BCUT2D eigenvalue weighted by atomic mass is 16.3. The molecule has 0 amide bonds. The van der Waals surface area contributed by atoms with Crippen molar-refractivity contribution in [2.24, 2.45) is 12.5 Å². The van der Waals surface area contributed by atoms with E-state index in [0.717, 1.165) is 47.1 Å². The first-order valence-electron chi connectivity index (χ1n) is 12.6. The van der Waals surface area contributed by atoms with E-state index in [0.29, 0.717) is 0 Å². The number of pyridine rings is 1. The van der Waals surface area contributed by atoms with E-state index in [1.165, 1.54) is 46.4 Å². The second-order valence-electron chi connectivity index (χ2n) is 11.3. The SMILES string of the molecule is Cc1ccc2c(n1)oc1c(-c3n(C)c4ccc(CC(C)(C)C)c5c4[n+]3CCCC5)c(C)ccc12. The molecule has 0 fully saturated rings. The second kappa shape index (κ2) is 7.43. The minimum Gasteiger partial charge on any atom is -0.437 e. The van der Waals surface area contributed by atoms with Crippen LogP contribution in [0.1, 0.15) is 56.0 Å². The third kappa shape index (κ3) is 3.19. The van der Waals surface area contributed by atoms with Crippen molar-refractivity contribution in [1.82, 2.24) is 9.55 Å². The summed E-state index contributed by atoms with van der Waals surface area (Å²) in [4.78, 5) is 4.69. The number of aromatic nitrogens is 3. The molecule has 34 heavy (non-hydrogen) atoms. The first-order chi connectivity index (χ1) is 16.2. The average Bonchev–Trinajstić information content (AvgIpc) is 3.15.